The fourth-order valence-electron chi connectivity index (χ4n) is 3.47. The van der Waals surface area contributed by atoms with Crippen molar-refractivity contribution in [1.29, 1.82) is 0 Å². The first-order chi connectivity index (χ1) is 14.2. The standard InChI is InChI=1S/C19H29N3O7S/c1-3-17(19(24)22(25)26)21(14-11-18(23)20-12-5-4-6-13-20)30(27,28)16-9-7-15(29-2)8-10-16/h7-10,17,25-26H,3-6,11-14H2,1-2H3. The molecule has 0 bridgehead atoms. The molecule has 1 heterocycles. The molecule has 1 atom stereocenters. The van der Waals surface area contributed by atoms with Crippen LogP contribution in [-0.2, 0) is 19.6 Å². The molecule has 1 fully saturated rings. The molecule has 0 aliphatic carbocycles. The van der Waals surface area contributed by atoms with Crippen LogP contribution >= 0.6 is 0 Å². The normalized spacial score (nSPS) is 15.7. The number of carbonyl (C=O) groups excluding carboxylic acids is 2. The molecule has 168 valence electrons. The predicted octanol–water partition coefficient (Wildman–Crippen LogP) is 1.47. The Kier molecular flexibility index (Phi) is 8.59. The molecule has 0 radical (unpaired) electrons. The summed E-state index contributed by atoms with van der Waals surface area (Å²) in [6, 6.07) is 4.23. The van der Waals surface area contributed by atoms with Crippen LogP contribution < -0.4 is 4.74 Å². The van der Waals surface area contributed by atoms with E-state index in [1.54, 1.807) is 11.8 Å². The first-order valence-corrected chi connectivity index (χ1v) is 11.3. The Morgan fingerprint density at radius 2 is 1.73 bits per heavy atom. The minimum atomic E-state index is -4.20. The van der Waals surface area contributed by atoms with Crippen LogP contribution in [0.5, 0.6) is 5.75 Å². The largest absolute Gasteiger partial charge is 0.497 e. The number of likely N-dealkylation sites (tertiary alicyclic amines) is 1. The number of hydroxylamine groups is 2. The highest BCUT2D eigenvalue weighted by molar-refractivity contribution is 7.89. The van der Waals surface area contributed by atoms with Crippen molar-refractivity contribution in [2.75, 3.05) is 26.7 Å². The second kappa shape index (κ2) is 10.7. The zero-order valence-corrected chi connectivity index (χ0v) is 18.0. The van der Waals surface area contributed by atoms with Crippen LogP contribution in [0, 0.1) is 0 Å². The van der Waals surface area contributed by atoms with Gasteiger partial charge >= 0.3 is 0 Å². The average molecular weight is 444 g/mol. The SMILES string of the molecule is CCC(C(=O)N(O)O)N(CCC(=O)N1CCCCC1)S(=O)(=O)c1ccc(OC)cc1. The molecule has 1 saturated heterocycles. The Bertz CT molecular complexity index is 821. The lowest BCUT2D eigenvalue weighted by Crippen LogP contribution is -2.50. The van der Waals surface area contributed by atoms with E-state index in [1.807, 2.05) is 0 Å². The lowest BCUT2D eigenvalue weighted by atomic mass is 10.1. The van der Waals surface area contributed by atoms with Gasteiger partial charge in [-0.3, -0.25) is 20.0 Å². The summed E-state index contributed by atoms with van der Waals surface area (Å²) in [4.78, 5) is 26.4. The van der Waals surface area contributed by atoms with Gasteiger partial charge in [-0.25, -0.2) is 8.42 Å². The highest BCUT2D eigenvalue weighted by Crippen LogP contribution is 2.24. The number of nitrogens with zero attached hydrogens (tertiary/aromatic N) is 3. The third kappa shape index (κ3) is 5.69. The zero-order valence-electron chi connectivity index (χ0n) is 17.2. The zero-order chi connectivity index (χ0) is 22.3. The van der Waals surface area contributed by atoms with E-state index >= 15 is 0 Å². The number of sulfonamides is 1. The van der Waals surface area contributed by atoms with Crippen molar-refractivity contribution in [3.8, 4) is 5.75 Å². The van der Waals surface area contributed by atoms with E-state index in [0.717, 1.165) is 23.6 Å². The molecule has 2 N–H and O–H groups in total. The number of carbonyl (C=O) groups is 2. The molecule has 0 saturated carbocycles. The highest BCUT2D eigenvalue weighted by Gasteiger charge is 2.37. The van der Waals surface area contributed by atoms with Crippen LogP contribution in [0.15, 0.2) is 29.2 Å². The Hall–Kier alpha value is -2.21. The first kappa shape index (κ1) is 24.1. The number of amides is 2. The van der Waals surface area contributed by atoms with Crippen molar-refractivity contribution in [2.45, 2.75) is 50.0 Å². The van der Waals surface area contributed by atoms with Crippen LogP contribution in [0.3, 0.4) is 0 Å². The van der Waals surface area contributed by atoms with Gasteiger partial charge in [0.05, 0.1) is 12.0 Å². The van der Waals surface area contributed by atoms with Crippen molar-refractivity contribution < 1.29 is 33.2 Å². The Morgan fingerprint density at radius 1 is 1.13 bits per heavy atom. The third-order valence-corrected chi connectivity index (χ3v) is 7.06. The van der Waals surface area contributed by atoms with Gasteiger partial charge in [0.25, 0.3) is 5.91 Å². The number of methoxy groups -OCH3 is 1. The van der Waals surface area contributed by atoms with E-state index < -0.39 is 27.2 Å². The van der Waals surface area contributed by atoms with Gasteiger partial charge < -0.3 is 9.64 Å². The highest BCUT2D eigenvalue weighted by atomic mass is 32.2. The minimum absolute atomic E-state index is 0.0102. The first-order valence-electron chi connectivity index (χ1n) is 9.87. The molecule has 2 rings (SSSR count). The lowest BCUT2D eigenvalue weighted by molar-refractivity contribution is -0.287. The summed E-state index contributed by atoms with van der Waals surface area (Å²) in [6.45, 7) is 2.54. The number of hydrogen-bond acceptors (Lipinski definition) is 7. The number of rotatable bonds is 9. The number of ether oxygens (including phenoxy) is 1. The summed E-state index contributed by atoms with van der Waals surface area (Å²) in [7, 11) is -2.76. The Morgan fingerprint density at radius 3 is 2.23 bits per heavy atom. The van der Waals surface area contributed by atoms with Gasteiger partial charge in [-0.1, -0.05) is 12.2 Å². The molecule has 10 nitrogen and oxygen atoms in total. The number of piperidine rings is 1. The molecule has 1 aromatic rings. The monoisotopic (exact) mass is 443 g/mol. The van der Waals surface area contributed by atoms with E-state index in [0.29, 0.717) is 18.8 Å². The van der Waals surface area contributed by atoms with E-state index in [2.05, 4.69) is 0 Å². The number of hydrogen-bond donors (Lipinski definition) is 2. The van der Waals surface area contributed by atoms with E-state index in [9.17, 15) is 28.4 Å². The van der Waals surface area contributed by atoms with Crippen LogP contribution in [0.25, 0.3) is 0 Å². The molecule has 1 aliphatic rings. The molecule has 1 aliphatic heterocycles. The van der Waals surface area contributed by atoms with Gasteiger partial charge in [0, 0.05) is 26.1 Å². The quantitative estimate of drug-likeness (QED) is 0.437. The summed E-state index contributed by atoms with van der Waals surface area (Å²) in [5, 5.41) is 17.8. The van der Waals surface area contributed by atoms with Crippen LogP contribution in [0.4, 0.5) is 0 Å². The molecule has 30 heavy (non-hydrogen) atoms. The van der Waals surface area contributed by atoms with Crippen molar-refractivity contribution in [2.24, 2.45) is 0 Å². The van der Waals surface area contributed by atoms with Crippen molar-refractivity contribution in [3.63, 3.8) is 0 Å². The van der Waals surface area contributed by atoms with E-state index in [1.165, 1.54) is 31.4 Å². The Balaban J connectivity index is 2.31. The molecule has 11 heteroatoms. The summed E-state index contributed by atoms with van der Waals surface area (Å²) in [5.41, 5.74) is 0. The minimum Gasteiger partial charge on any atom is -0.497 e. The molecular formula is C19H29N3O7S. The van der Waals surface area contributed by atoms with Crippen molar-refractivity contribution in [3.05, 3.63) is 24.3 Å². The van der Waals surface area contributed by atoms with Gasteiger partial charge in [0.1, 0.15) is 11.8 Å². The maximum Gasteiger partial charge on any atom is 0.291 e. The second-order valence-corrected chi connectivity index (χ2v) is 8.93. The topological polar surface area (TPSA) is 128 Å². The van der Waals surface area contributed by atoms with E-state index in [-0.39, 0.29) is 30.2 Å². The molecule has 1 unspecified atom stereocenters. The molecule has 0 spiro atoms. The summed E-state index contributed by atoms with van der Waals surface area (Å²) in [5.74, 6) is -0.933. The smallest absolute Gasteiger partial charge is 0.291 e. The van der Waals surface area contributed by atoms with Crippen LogP contribution in [0.1, 0.15) is 39.0 Å². The fraction of sp³-hybridized carbons (Fsp3) is 0.579. The van der Waals surface area contributed by atoms with Gasteiger partial charge in [0.15, 0.2) is 0 Å². The molecular weight excluding hydrogens is 414 g/mol. The summed E-state index contributed by atoms with van der Waals surface area (Å²) in [6.07, 6.45) is 2.73. The van der Waals surface area contributed by atoms with Gasteiger partial charge in [-0.2, -0.15) is 4.31 Å². The average Bonchev–Trinajstić information content (AvgIpc) is 2.76. The van der Waals surface area contributed by atoms with Crippen molar-refractivity contribution in [1.82, 2.24) is 14.4 Å². The fourth-order valence-corrected chi connectivity index (χ4v) is 5.13. The lowest BCUT2D eigenvalue weighted by Gasteiger charge is -2.31. The second-order valence-electron chi connectivity index (χ2n) is 7.03. The van der Waals surface area contributed by atoms with Crippen LogP contribution in [-0.4, -0.2) is 77.9 Å². The van der Waals surface area contributed by atoms with E-state index in [4.69, 9.17) is 4.74 Å². The van der Waals surface area contributed by atoms with Crippen molar-refractivity contribution >= 4 is 21.8 Å². The Labute approximate surface area is 176 Å². The predicted molar refractivity (Wildman–Crippen MR) is 106 cm³/mol. The maximum atomic E-state index is 13.3. The van der Waals surface area contributed by atoms with Gasteiger partial charge in [-0.05, 0) is 49.9 Å². The third-order valence-electron chi connectivity index (χ3n) is 5.14. The van der Waals surface area contributed by atoms with Crippen LogP contribution in [0.2, 0.25) is 0 Å². The maximum absolute atomic E-state index is 13.3. The van der Waals surface area contributed by atoms with Gasteiger partial charge in [-0.15, -0.1) is 0 Å². The summed E-state index contributed by atoms with van der Waals surface area (Å²) >= 11 is 0. The number of benzene rings is 1. The summed E-state index contributed by atoms with van der Waals surface area (Å²) < 4.78 is 32.4. The molecule has 1 aromatic carbocycles. The molecule has 2 amide bonds. The van der Waals surface area contributed by atoms with Gasteiger partial charge in [0.2, 0.25) is 15.9 Å². The molecule has 0 aromatic heterocycles.